The minimum absolute atomic E-state index is 0.0799. The Kier molecular flexibility index (Phi) is 4.40. The van der Waals surface area contributed by atoms with E-state index in [9.17, 15) is 4.79 Å². The average Bonchev–Trinajstić information content (AvgIpc) is 2.97. The molecule has 2 rings (SSSR count). The number of nitrogens with one attached hydrogen (secondary N) is 2. The average molecular weight is 240 g/mol. The topological polar surface area (TPSA) is 50.4 Å². The molecule has 0 spiro atoms. The first-order chi connectivity index (χ1) is 8.27. The van der Waals surface area contributed by atoms with Gasteiger partial charge in [-0.1, -0.05) is 26.2 Å². The summed E-state index contributed by atoms with van der Waals surface area (Å²) in [7, 11) is 0. The lowest BCUT2D eigenvalue weighted by Crippen LogP contribution is -2.43. The fourth-order valence-electron chi connectivity index (χ4n) is 2.99. The number of carbonyl (C=O) groups is 1. The third-order valence-corrected chi connectivity index (χ3v) is 4.07. The number of rotatable bonds is 5. The Morgan fingerprint density at radius 3 is 2.82 bits per heavy atom. The van der Waals surface area contributed by atoms with Crippen molar-refractivity contribution in [3.8, 4) is 0 Å². The Balaban J connectivity index is 1.83. The molecule has 98 valence electrons. The lowest BCUT2D eigenvalue weighted by Gasteiger charge is -2.26. The van der Waals surface area contributed by atoms with Crippen LogP contribution in [0.5, 0.6) is 0 Å². The molecule has 0 radical (unpaired) electrons. The van der Waals surface area contributed by atoms with Crippen molar-refractivity contribution in [2.75, 3.05) is 13.1 Å². The SMILES string of the molecule is CCCC1(C(=O)NOC2CCCC2)CCNC1. The van der Waals surface area contributed by atoms with Gasteiger partial charge in [-0.15, -0.1) is 0 Å². The molecule has 1 unspecified atom stereocenters. The highest BCUT2D eigenvalue weighted by molar-refractivity contribution is 5.82. The molecule has 0 aromatic heterocycles. The first-order valence-electron chi connectivity index (χ1n) is 6.94. The third kappa shape index (κ3) is 2.99. The number of hydrogen-bond acceptors (Lipinski definition) is 3. The van der Waals surface area contributed by atoms with Crippen LogP contribution in [-0.2, 0) is 9.63 Å². The van der Waals surface area contributed by atoms with E-state index in [1.165, 1.54) is 12.8 Å². The van der Waals surface area contributed by atoms with Crippen LogP contribution < -0.4 is 10.8 Å². The Labute approximate surface area is 103 Å². The molecule has 4 heteroatoms. The Morgan fingerprint density at radius 1 is 1.47 bits per heavy atom. The highest BCUT2D eigenvalue weighted by atomic mass is 16.7. The molecular weight excluding hydrogens is 216 g/mol. The fraction of sp³-hybridized carbons (Fsp3) is 0.923. The van der Waals surface area contributed by atoms with E-state index in [1.807, 2.05) is 0 Å². The molecule has 0 bridgehead atoms. The molecule has 1 heterocycles. The molecule has 1 saturated heterocycles. The van der Waals surface area contributed by atoms with Crippen LogP contribution >= 0.6 is 0 Å². The Hall–Kier alpha value is -0.610. The van der Waals surface area contributed by atoms with Crippen LogP contribution in [-0.4, -0.2) is 25.1 Å². The first kappa shape index (κ1) is 12.8. The highest BCUT2D eigenvalue weighted by Gasteiger charge is 2.40. The first-order valence-corrected chi connectivity index (χ1v) is 6.94. The van der Waals surface area contributed by atoms with Gasteiger partial charge in [-0.3, -0.25) is 9.63 Å². The zero-order valence-corrected chi connectivity index (χ0v) is 10.8. The van der Waals surface area contributed by atoms with Crippen LogP contribution in [0.1, 0.15) is 51.9 Å². The maximum Gasteiger partial charge on any atom is 0.251 e. The van der Waals surface area contributed by atoms with Crippen molar-refractivity contribution < 1.29 is 9.63 Å². The van der Waals surface area contributed by atoms with Crippen molar-refractivity contribution in [3.05, 3.63) is 0 Å². The van der Waals surface area contributed by atoms with Crippen LogP contribution in [0.3, 0.4) is 0 Å². The van der Waals surface area contributed by atoms with Crippen LogP contribution in [0, 0.1) is 5.41 Å². The van der Waals surface area contributed by atoms with Crippen molar-refractivity contribution in [1.82, 2.24) is 10.8 Å². The zero-order chi connectivity index (χ0) is 12.1. The van der Waals surface area contributed by atoms with Gasteiger partial charge in [-0.05, 0) is 32.2 Å². The van der Waals surface area contributed by atoms with Gasteiger partial charge in [0.15, 0.2) is 0 Å². The van der Waals surface area contributed by atoms with Gasteiger partial charge in [0.1, 0.15) is 0 Å². The summed E-state index contributed by atoms with van der Waals surface area (Å²) in [6.45, 7) is 3.86. The fourth-order valence-corrected chi connectivity index (χ4v) is 2.99. The number of amides is 1. The molecule has 1 saturated carbocycles. The molecule has 1 aliphatic carbocycles. The molecule has 2 aliphatic rings. The standard InChI is InChI=1S/C13H24N2O2/c1-2-7-13(8-9-14-10-13)12(16)15-17-11-5-3-4-6-11/h11,14H,2-10H2,1H3,(H,15,16). The molecule has 0 aromatic carbocycles. The summed E-state index contributed by atoms with van der Waals surface area (Å²) in [5.74, 6) is 0.0799. The van der Waals surface area contributed by atoms with Gasteiger partial charge < -0.3 is 5.32 Å². The number of hydroxylamine groups is 1. The van der Waals surface area contributed by atoms with Gasteiger partial charge in [0.05, 0.1) is 11.5 Å². The minimum Gasteiger partial charge on any atom is -0.316 e. The van der Waals surface area contributed by atoms with Crippen molar-refractivity contribution in [1.29, 1.82) is 0 Å². The van der Waals surface area contributed by atoms with Crippen LogP contribution in [0.4, 0.5) is 0 Å². The predicted molar refractivity (Wildman–Crippen MR) is 66.3 cm³/mol. The van der Waals surface area contributed by atoms with Crippen LogP contribution in [0.15, 0.2) is 0 Å². The molecule has 0 aromatic rings. The Morgan fingerprint density at radius 2 is 2.24 bits per heavy atom. The van der Waals surface area contributed by atoms with E-state index >= 15 is 0 Å². The molecule has 1 aliphatic heterocycles. The van der Waals surface area contributed by atoms with Gasteiger partial charge >= 0.3 is 0 Å². The highest BCUT2D eigenvalue weighted by Crippen LogP contribution is 2.31. The number of hydrogen-bond donors (Lipinski definition) is 2. The summed E-state index contributed by atoms with van der Waals surface area (Å²) in [6.07, 6.45) is 7.77. The molecule has 1 amide bonds. The smallest absolute Gasteiger partial charge is 0.251 e. The number of carbonyl (C=O) groups excluding carboxylic acids is 1. The third-order valence-electron chi connectivity index (χ3n) is 4.07. The summed E-state index contributed by atoms with van der Waals surface area (Å²) < 4.78 is 0. The molecule has 17 heavy (non-hydrogen) atoms. The maximum atomic E-state index is 12.2. The van der Waals surface area contributed by atoms with E-state index in [4.69, 9.17) is 4.84 Å². The second-order valence-electron chi connectivity index (χ2n) is 5.41. The van der Waals surface area contributed by atoms with Gasteiger partial charge in [0.25, 0.3) is 5.91 Å². The van der Waals surface area contributed by atoms with Gasteiger partial charge in [0, 0.05) is 6.54 Å². The molecular formula is C13H24N2O2. The van der Waals surface area contributed by atoms with Gasteiger partial charge in [-0.25, -0.2) is 5.48 Å². The lowest BCUT2D eigenvalue weighted by atomic mass is 9.82. The molecule has 2 fully saturated rings. The maximum absolute atomic E-state index is 12.2. The van der Waals surface area contributed by atoms with E-state index in [0.717, 1.165) is 45.2 Å². The van der Waals surface area contributed by atoms with Gasteiger partial charge in [0.2, 0.25) is 0 Å². The van der Waals surface area contributed by atoms with Crippen molar-refractivity contribution in [2.24, 2.45) is 5.41 Å². The van der Waals surface area contributed by atoms with Crippen molar-refractivity contribution in [2.45, 2.75) is 58.0 Å². The summed E-state index contributed by atoms with van der Waals surface area (Å²) >= 11 is 0. The second kappa shape index (κ2) is 5.83. The zero-order valence-electron chi connectivity index (χ0n) is 10.8. The van der Waals surface area contributed by atoms with E-state index in [1.54, 1.807) is 0 Å². The second-order valence-corrected chi connectivity index (χ2v) is 5.41. The minimum atomic E-state index is -0.229. The molecule has 4 nitrogen and oxygen atoms in total. The Bertz CT molecular complexity index is 256. The van der Waals surface area contributed by atoms with E-state index in [0.29, 0.717) is 0 Å². The van der Waals surface area contributed by atoms with Crippen LogP contribution in [0.25, 0.3) is 0 Å². The monoisotopic (exact) mass is 240 g/mol. The predicted octanol–water partition coefficient (Wildman–Crippen LogP) is 1.76. The normalized spacial score (nSPS) is 29.7. The summed E-state index contributed by atoms with van der Waals surface area (Å²) in [5.41, 5.74) is 2.48. The van der Waals surface area contributed by atoms with E-state index in [2.05, 4.69) is 17.7 Å². The molecule has 1 atom stereocenters. The molecule has 2 N–H and O–H groups in total. The quantitative estimate of drug-likeness (QED) is 0.720. The van der Waals surface area contributed by atoms with Crippen molar-refractivity contribution >= 4 is 5.91 Å². The largest absolute Gasteiger partial charge is 0.316 e. The van der Waals surface area contributed by atoms with Gasteiger partial charge in [-0.2, -0.15) is 0 Å². The van der Waals surface area contributed by atoms with Crippen molar-refractivity contribution in [3.63, 3.8) is 0 Å². The summed E-state index contributed by atoms with van der Waals surface area (Å²) in [4.78, 5) is 17.8. The lowest BCUT2D eigenvalue weighted by molar-refractivity contribution is -0.148. The van der Waals surface area contributed by atoms with E-state index in [-0.39, 0.29) is 17.4 Å². The van der Waals surface area contributed by atoms with Crippen LogP contribution in [0.2, 0.25) is 0 Å². The van der Waals surface area contributed by atoms with E-state index < -0.39 is 0 Å². The summed E-state index contributed by atoms with van der Waals surface area (Å²) in [5, 5.41) is 3.29. The summed E-state index contributed by atoms with van der Waals surface area (Å²) in [6, 6.07) is 0.